The number of benzene rings is 1. The van der Waals surface area contributed by atoms with Crippen LogP contribution < -0.4 is 5.32 Å². The Hall–Kier alpha value is -2.37. The standard InChI is InChI=1S/C20H28N2O4/c1-7-15(16(23)26-8-2)22-17(24)20(6,21-18(22)25)14-11-9-13(10-12-14)19(3,4)5/h9-12,15H,7-8H2,1-6H3,(H,21,25). The lowest BCUT2D eigenvalue weighted by atomic mass is 9.84. The molecule has 142 valence electrons. The molecule has 0 aromatic heterocycles. The van der Waals surface area contributed by atoms with Gasteiger partial charge >= 0.3 is 12.0 Å². The van der Waals surface area contributed by atoms with Gasteiger partial charge in [-0.1, -0.05) is 52.0 Å². The summed E-state index contributed by atoms with van der Waals surface area (Å²) in [4.78, 5) is 38.7. The van der Waals surface area contributed by atoms with Gasteiger partial charge in [0.05, 0.1) is 6.61 Å². The number of ether oxygens (including phenoxy) is 1. The van der Waals surface area contributed by atoms with Crippen molar-refractivity contribution in [1.29, 1.82) is 0 Å². The summed E-state index contributed by atoms with van der Waals surface area (Å²) in [6.45, 7) is 11.6. The summed E-state index contributed by atoms with van der Waals surface area (Å²) >= 11 is 0. The quantitative estimate of drug-likeness (QED) is 0.647. The van der Waals surface area contributed by atoms with Gasteiger partial charge in [-0.05, 0) is 36.8 Å². The van der Waals surface area contributed by atoms with Crippen molar-refractivity contribution < 1.29 is 19.1 Å². The number of nitrogens with zero attached hydrogens (tertiary/aromatic N) is 1. The summed E-state index contributed by atoms with van der Waals surface area (Å²) in [5.74, 6) is -1.00. The normalized spacial score (nSPS) is 21.5. The Labute approximate surface area is 154 Å². The Morgan fingerprint density at radius 3 is 2.23 bits per heavy atom. The summed E-state index contributed by atoms with van der Waals surface area (Å²) in [7, 11) is 0. The smallest absolute Gasteiger partial charge is 0.329 e. The SMILES string of the molecule is CCOC(=O)C(CC)N1C(=O)NC(C)(c2ccc(C(C)(C)C)cc2)C1=O. The second-order valence-corrected chi connectivity index (χ2v) is 7.73. The molecule has 0 radical (unpaired) electrons. The largest absolute Gasteiger partial charge is 0.464 e. The van der Waals surface area contributed by atoms with Gasteiger partial charge in [-0.3, -0.25) is 4.79 Å². The molecule has 1 aliphatic heterocycles. The Kier molecular flexibility index (Phi) is 5.44. The summed E-state index contributed by atoms with van der Waals surface area (Å²) < 4.78 is 5.02. The molecule has 1 aliphatic rings. The number of hydrogen-bond acceptors (Lipinski definition) is 4. The van der Waals surface area contributed by atoms with Gasteiger partial charge < -0.3 is 10.1 Å². The monoisotopic (exact) mass is 360 g/mol. The zero-order valence-corrected chi connectivity index (χ0v) is 16.4. The molecular weight excluding hydrogens is 332 g/mol. The van der Waals surface area contributed by atoms with Crippen molar-refractivity contribution >= 4 is 17.9 Å². The Morgan fingerprint density at radius 2 is 1.77 bits per heavy atom. The predicted molar refractivity (Wildman–Crippen MR) is 98.6 cm³/mol. The van der Waals surface area contributed by atoms with Gasteiger partial charge in [0.15, 0.2) is 0 Å². The minimum atomic E-state index is -1.20. The van der Waals surface area contributed by atoms with Gasteiger partial charge in [0.25, 0.3) is 5.91 Å². The van der Waals surface area contributed by atoms with Crippen LogP contribution in [0.2, 0.25) is 0 Å². The molecule has 0 aliphatic carbocycles. The van der Waals surface area contributed by atoms with Gasteiger partial charge in [0, 0.05) is 0 Å². The molecule has 1 heterocycles. The highest BCUT2D eigenvalue weighted by atomic mass is 16.5. The lowest BCUT2D eigenvalue weighted by molar-refractivity contribution is -0.152. The summed E-state index contributed by atoms with van der Waals surface area (Å²) in [6.07, 6.45) is 0.303. The molecule has 0 bridgehead atoms. The van der Waals surface area contributed by atoms with E-state index in [1.807, 2.05) is 24.3 Å². The van der Waals surface area contributed by atoms with Crippen molar-refractivity contribution in [3.63, 3.8) is 0 Å². The van der Waals surface area contributed by atoms with E-state index in [0.717, 1.165) is 10.5 Å². The molecule has 2 rings (SSSR count). The van der Waals surface area contributed by atoms with E-state index in [0.29, 0.717) is 12.0 Å². The maximum atomic E-state index is 13.1. The second kappa shape index (κ2) is 7.09. The molecule has 2 atom stereocenters. The van der Waals surface area contributed by atoms with E-state index in [4.69, 9.17) is 4.74 Å². The zero-order valence-electron chi connectivity index (χ0n) is 16.4. The first-order valence-electron chi connectivity index (χ1n) is 8.99. The number of amides is 3. The second-order valence-electron chi connectivity index (χ2n) is 7.73. The van der Waals surface area contributed by atoms with Crippen molar-refractivity contribution in [2.75, 3.05) is 6.61 Å². The van der Waals surface area contributed by atoms with E-state index >= 15 is 0 Å². The van der Waals surface area contributed by atoms with Crippen molar-refractivity contribution in [3.8, 4) is 0 Å². The van der Waals surface area contributed by atoms with E-state index in [1.54, 1.807) is 20.8 Å². The first kappa shape index (κ1) is 19.9. The number of esters is 1. The Morgan fingerprint density at radius 1 is 1.19 bits per heavy atom. The van der Waals surface area contributed by atoms with Crippen LogP contribution in [0, 0.1) is 0 Å². The van der Waals surface area contributed by atoms with Crippen LogP contribution in [0.5, 0.6) is 0 Å². The molecule has 3 amide bonds. The highest BCUT2D eigenvalue weighted by Crippen LogP contribution is 2.32. The van der Waals surface area contributed by atoms with Crippen LogP contribution in [-0.4, -0.2) is 35.5 Å². The first-order valence-corrected chi connectivity index (χ1v) is 8.99. The molecule has 1 aromatic rings. The predicted octanol–water partition coefficient (Wildman–Crippen LogP) is 3.09. The molecule has 1 N–H and O–H groups in total. The maximum Gasteiger partial charge on any atom is 0.329 e. The lowest BCUT2D eigenvalue weighted by Crippen LogP contribution is -2.47. The minimum Gasteiger partial charge on any atom is -0.464 e. The highest BCUT2D eigenvalue weighted by molar-refractivity contribution is 6.09. The molecule has 26 heavy (non-hydrogen) atoms. The van der Waals surface area contributed by atoms with Crippen molar-refractivity contribution in [2.45, 2.75) is 65.0 Å². The fraction of sp³-hybridized carbons (Fsp3) is 0.550. The van der Waals surface area contributed by atoms with E-state index < -0.39 is 29.5 Å². The van der Waals surface area contributed by atoms with Crippen LogP contribution in [-0.2, 0) is 25.3 Å². The number of hydrogen-bond donors (Lipinski definition) is 1. The van der Waals surface area contributed by atoms with Gasteiger partial charge in [0.2, 0.25) is 0 Å². The number of carbonyl (C=O) groups is 3. The third-order valence-electron chi connectivity index (χ3n) is 4.81. The fourth-order valence-corrected chi connectivity index (χ4v) is 3.14. The molecular formula is C20H28N2O4. The van der Waals surface area contributed by atoms with Crippen LogP contribution in [0.3, 0.4) is 0 Å². The van der Waals surface area contributed by atoms with Crippen LogP contribution in [0.15, 0.2) is 24.3 Å². The number of urea groups is 1. The average Bonchev–Trinajstić information content (AvgIpc) is 2.79. The molecule has 1 saturated heterocycles. The molecule has 1 fully saturated rings. The number of rotatable bonds is 5. The molecule has 0 spiro atoms. The van der Waals surface area contributed by atoms with Crippen LogP contribution in [0.1, 0.15) is 59.1 Å². The molecule has 1 aromatic carbocycles. The molecule has 0 saturated carbocycles. The highest BCUT2D eigenvalue weighted by Gasteiger charge is 2.52. The molecule has 6 nitrogen and oxygen atoms in total. The van der Waals surface area contributed by atoms with Crippen molar-refractivity contribution in [1.82, 2.24) is 10.2 Å². The van der Waals surface area contributed by atoms with Crippen molar-refractivity contribution in [2.24, 2.45) is 0 Å². The minimum absolute atomic E-state index is 0.00831. The summed E-state index contributed by atoms with van der Waals surface area (Å²) in [6, 6.07) is 6.15. The number of carbonyl (C=O) groups excluding carboxylic acids is 3. The number of nitrogens with one attached hydrogen (secondary N) is 1. The topological polar surface area (TPSA) is 75.7 Å². The third kappa shape index (κ3) is 3.45. The number of imide groups is 1. The van der Waals surface area contributed by atoms with E-state index in [9.17, 15) is 14.4 Å². The Bertz CT molecular complexity index is 706. The van der Waals surface area contributed by atoms with Gasteiger partial charge in [-0.25, -0.2) is 14.5 Å². The van der Waals surface area contributed by atoms with Gasteiger partial charge in [-0.2, -0.15) is 0 Å². The van der Waals surface area contributed by atoms with Crippen molar-refractivity contribution in [3.05, 3.63) is 35.4 Å². The first-order chi connectivity index (χ1) is 12.1. The van der Waals surface area contributed by atoms with Crippen LogP contribution >= 0.6 is 0 Å². The summed E-state index contributed by atoms with van der Waals surface area (Å²) in [5, 5.41) is 2.75. The molecule has 6 heteroatoms. The van der Waals surface area contributed by atoms with E-state index in [2.05, 4.69) is 26.1 Å². The average molecular weight is 360 g/mol. The molecule has 2 unspecified atom stereocenters. The summed E-state index contributed by atoms with van der Waals surface area (Å²) in [5.41, 5.74) is 0.612. The maximum absolute atomic E-state index is 13.1. The van der Waals surface area contributed by atoms with E-state index in [1.165, 1.54) is 0 Å². The van der Waals surface area contributed by atoms with Crippen LogP contribution in [0.25, 0.3) is 0 Å². The van der Waals surface area contributed by atoms with Gasteiger partial charge in [0.1, 0.15) is 11.6 Å². The third-order valence-corrected chi connectivity index (χ3v) is 4.81. The lowest BCUT2D eigenvalue weighted by Gasteiger charge is -2.26. The zero-order chi connectivity index (χ0) is 19.7. The van der Waals surface area contributed by atoms with Crippen LogP contribution in [0.4, 0.5) is 4.79 Å². The van der Waals surface area contributed by atoms with E-state index in [-0.39, 0.29) is 12.0 Å². The Balaban J connectivity index is 2.35. The fourth-order valence-electron chi connectivity index (χ4n) is 3.14. The van der Waals surface area contributed by atoms with Gasteiger partial charge in [-0.15, -0.1) is 0 Å².